The quantitative estimate of drug-likeness (QED) is 0.860. The van der Waals surface area contributed by atoms with Gasteiger partial charge in [0.2, 0.25) is 5.91 Å². The van der Waals surface area contributed by atoms with E-state index in [-0.39, 0.29) is 25.0 Å². The fourth-order valence-corrected chi connectivity index (χ4v) is 2.50. The van der Waals surface area contributed by atoms with Crippen molar-refractivity contribution in [1.29, 1.82) is 0 Å². The molecule has 0 radical (unpaired) electrons. The summed E-state index contributed by atoms with van der Waals surface area (Å²) >= 11 is 5.98. The molecule has 0 bridgehead atoms. The minimum absolute atomic E-state index is 0.0766. The molecule has 0 unspecified atom stereocenters. The molecule has 3 rings (SSSR count). The monoisotopic (exact) mass is 334 g/mol. The highest BCUT2D eigenvalue weighted by Gasteiger charge is 2.28. The first-order valence-electron chi connectivity index (χ1n) is 7.03. The normalized spacial score (nSPS) is 13.5. The van der Waals surface area contributed by atoms with Gasteiger partial charge in [-0.25, -0.2) is 0 Å². The molecule has 2 amide bonds. The smallest absolute Gasteiger partial charge is 0.265 e. The molecule has 23 heavy (non-hydrogen) atoms. The maximum atomic E-state index is 12.4. The number of halogens is 1. The van der Waals surface area contributed by atoms with Crippen LogP contribution in [-0.4, -0.2) is 36.9 Å². The van der Waals surface area contributed by atoms with Crippen LogP contribution in [0.3, 0.4) is 0 Å². The van der Waals surface area contributed by atoms with Crippen molar-refractivity contribution in [2.75, 3.05) is 25.1 Å². The number of anilines is 1. The van der Waals surface area contributed by atoms with Crippen LogP contribution in [0, 0.1) is 0 Å². The van der Waals surface area contributed by atoms with E-state index in [2.05, 4.69) is 0 Å². The zero-order chi connectivity index (χ0) is 16.4. The van der Waals surface area contributed by atoms with Crippen LogP contribution in [0.1, 0.15) is 5.76 Å². The van der Waals surface area contributed by atoms with E-state index in [0.717, 1.165) is 0 Å². The van der Waals surface area contributed by atoms with Gasteiger partial charge in [0.25, 0.3) is 5.91 Å². The molecule has 0 atom stereocenters. The Kier molecular flexibility index (Phi) is 4.25. The summed E-state index contributed by atoms with van der Waals surface area (Å²) in [5, 5.41) is 0.475. The number of carbonyl (C=O) groups excluding carboxylic acids is 2. The van der Waals surface area contributed by atoms with Crippen molar-refractivity contribution in [2.45, 2.75) is 6.54 Å². The zero-order valence-corrected chi connectivity index (χ0v) is 13.2. The van der Waals surface area contributed by atoms with E-state index in [4.69, 9.17) is 20.8 Å². The number of likely N-dealkylation sites (N-methyl/N-ethyl adjacent to an activating group) is 1. The first kappa shape index (κ1) is 15.4. The Morgan fingerprint density at radius 2 is 2.22 bits per heavy atom. The van der Waals surface area contributed by atoms with Gasteiger partial charge in [-0.2, -0.15) is 0 Å². The standard InChI is InChI=1S/C16H15ClN2O4/c1-18(8-12-3-2-6-22-12)15(20)9-19-13-7-11(17)4-5-14(13)23-10-16(19)21/h2-7H,8-10H2,1H3. The summed E-state index contributed by atoms with van der Waals surface area (Å²) in [4.78, 5) is 27.4. The highest BCUT2D eigenvalue weighted by molar-refractivity contribution is 6.31. The number of rotatable bonds is 4. The van der Waals surface area contributed by atoms with Crippen LogP contribution in [-0.2, 0) is 16.1 Å². The Labute approximate surface area is 138 Å². The van der Waals surface area contributed by atoms with Crippen LogP contribution in [0.4, 0.5) is 5.69 Å². The second-order valence-corrected chi connectivity index (χ2v) is 5.65. The molecule has 0 saturated carbocycles. The first-order valence-corrected chi connectivity index (χ1v) is 7.41. The van der Waals surface area contributed by atoms with E-state index in [0.29, 0.717) is 28.8 Å². The maximum absolute atomic E-state index is 12.4. The average molecular weight is 335 g/mol. The molecule has 0 N–H and O–H groups in total. The molecule has 2 aromatic rings. The number of hydrogen-bond donors (Lipinski definition) is 0. The van der Waals surface area contributed by atoms with Gasteiger partial charge in [0.15, 0.2) is 6.61 Å². The second kappa shape index (κ2) is 6.34. The Morgan fingerprint density at radius 1 is 1.39 bits per heavy atom. The third-order valence-electron chi connectivity index (χ3n) is 3.56. The van der Waals surface area contributed by atoms with Crippen LogP contribution in [0.2, 0.25) is 5.02 Å². The number of hydrogen-bond acceptors (Lipinski definition) is 4. The van der Waals surface area contributed by atoms with Crippen molar-refractivity contribution < 1.29 is 18.7 Å². The lowest BCUT2D eigenvalue weighted by Crippen LogP contribution is -2.45. The summed E-state index contributed by atoms with van der Waals surface area (Å²) in [6.07, 6.45) is 1.55. The van der Waals surface area contributed by atoms with E-state index in [1.165, 1.54) is 9.80 Å². The Balaban J connectivity index is 1.75. The van der Waals surface area contributed by atoms with E-state index in [1.807, 2.05) is 0 Å². The largest absolute Gasteiger partial charge is 0.482 e. The second-order valence-electron chi connectivity index (χ2n) is 5.21. The fraction of sp³-hybridized carbons (Fsp3) is 0.250. The van der Waals surface area contributed by atoms with Crippen LogP contribution >= 0.6 is 11.6 Å². The summed E-state index contributed by atoms with van der Waals surface area (Å²) in [6.45, 7) is 0.170. The molecule has 2 heterocycles. The van der Waals surface area contributed by atoms with Gasteiger partial charge in [0.1, 0.15) is 18.1 Å². The van der Waals surface area contributed by atoms with Crippen molar-refractivity contribution in [1.82, 2.24) is 4.90 Å². The molecule has 1 aliphatic heterocycles. The van der Waals surface area contributed by atoms with Crippen LogP contribution in [0.5, 0.6) is 5.75 Å². The molecule has 1 aliphatic rings. The van der Waals surface area contributed by atoms with Gasteiger partial charge < -0.3 is 14.1 Å². The molecule has 120 valence electrons. The number of furan rings is 1. The van der Waals surface area contributed by atoms with Crippen molar-refractivity contribution in [3.8, 4) is 5.75 Å². The molecule has 6 nitrogen and oxygen atoms in total. The Bertz CT molecular complexity index is 730. The third kappa shape index (κ3) is 3.32. The SMILES string of the molecule is CN(Cc1ccco1)C(=O)CN1C(=O)COc2ccc(Cl)cc21. The first-order chi connectivity index (χ1) is 11.0. The van der Waals surface area contributed by atoms with Gasteiger partial charge in [-0.1, -0.05) is 11.6 Å². The minimum atomic E-state index is -0.278. The lowest BCUT2D eigenvalue weighted by Gasteiger charge is -2.30. The predicted molar refractivity (Wildman–Crippen MR) is 84.5 cm³/mol. The van der Waals surface area contributed by atoms with Gasteiger partial charge >= 0.3 is 0 Å². The van der Waals surface area contributed by atoms with Crippen LogP contribution < -0.4 is 9.64 Å². The minimum Gasteiger partial charge on any atom is -0.482 e. The fourth-order valence-electron chi connectivity index (χ4n) is 2.33. The molecule has 0 saturated heterocycles. The van der Waals surface area contributed by atoms with Gasteiger partial charge in [0.05, 0.1) is 18.5 Å². The number of ether oxygens (including phenoxy) is 1. The molecular weight excluding hydrogens is 320 g/mol. The van der Waals surface area contributed by atoms with Crippen LogP contribution in [0.25, 0.3) is 0 Å². The number of amides is 2. The molecule has 7 heteroatoms. The number of carbonyl (C=O) groups is 2. The topological polar surface area (TPSA) is 63.0 Å². The molecular formula is C16H15ClN2O4. The van der Waals surface area contributed by atoms with Crippen molar-refractivity contribution in [3.05, 3.63) is 47.4 Å². The highest BCUT2D eigenvalue weighted by atomic mass is 35.5. The average Bonchev–Trinajstić information content (AvgIpc) is 3.03. The lowest BCUT2D eigenvalue weighted by atomic mass is 10.2. The van der Waals surface area contributed by atoms with E-state index >= 15 is 0 Å². The zero-order valence-electron chi connectivity index (χ0n) is 12.5. The molecule has 0 aliphatic carbocycles. The summed E-state index contributed by atoms with van der Waals surface area (Å²) < 4.78 is 10.6. The van der Waals surface area contributed by atoms with Crippen molar-refractivity contribution >= 4 is 29.1 Å². The van der Waals surface area contributed by atoms with Crippen molar-refractivity contribution in [3.63, 3.8) is 0 Å². The molecule has 0 spiro atoms. The van der Waals surface area contributed by atoms with Gasteiger partial charge in [-0.3, -0.25) is 14.5 Å². The summed E-state index contributed by atoms with van der Waals surface area (Å²) in [5.41, 5.74) is 0.508. The number of nitrogens with zero attached hydrogens (tertiary/aromatic N) is 2. The number of benzene rings is 1. The Morgan fingerprint density at radius 3 is 2.96 bits per heavy atom. The molecule has 1 aromatic carbocycles. The third-order valence-corrected chi connectivity index (χ3v) is 3.79. The van der Waals surface area contributed by atoms with Crippen LogP contribution in [0.15, 0.2) is 41.0 Å². The van der Waals surface area contributed by atoms with Gasteiger partial charge in [-0.05, 0) is 30.3 Å². The molecule has 0 fully saturated rings. The van der Waals surface area contributed by atoms with E-state index < -0.39 is 0 Å². The highest BCUT2D eigenvalue weighted by Crippen LogP contribution is 2.34. The van der Waals surface area contributed by atoms with Crippen molar-refractivity contribution in [2.24, 2.45) is 0 Å². The van der Waals surface area contributed by atoms with Gasteiger partial charge in [-0.15, -0.1) is 0 Å². The lowest BCUT2D eigenvalue weighted by molar-refractivity contribution is -0.131. The van der Waals surface area contributed by atoms with E-state index in [9.17, 15) is 9.59 Å². The van der Waals surface area contributed by atoms with Gasteiger partial charge in [0, 0.05) is 12.1 Å². The molecule has 1 aromatic heterocycles. The predicted octanol–water partition coefficient (Wildman–Crippen LogP) is 2.32. The number of fused-ring (bicyclic) bond motifs is 1. The Hall–Kier alpha value is -2.47. The summed E-state index contributed by atoms with van der Waals surface area (Å²) in [7, 11) is 1.66. The maximum Gasteiger partial charge on any atom is 0.265 e. The summed E-state index contributed by atoms with van der Waals surface area (Å²) in [6, 6.07) is 8.54. The summed E-state index contributed by atoms with van der Waals surface area (Å²) in [5.74, 6) is 0.732. The van der Waals surface area contributed by atoms with E-state index in [1.54, 1.807) is 43.6 Å².